The molecule has 0 bridgehead atoms. The van der Waals surface area contributed by atoms with Gasteiger partial charge in [-0.25, -0.2) is 0 Å². The molecule has 0 aliphatic carbocycles. The highest BCUT2D eigenvalue weighted by atomic mass is 16.5. The molecule has 0 amide bonds. The lowest BCUT2D eigenvalue weighted by Gasteiger charge is -2.33. The van der Waals surface area contributed by atoms with Gasteiger partial charge < -0.3 is 15.0 Å². The van der Waals surface area contributed by atoms with E-state index < -0.39 is 0 Å². The number of ether oxygens (including phenoxy) is 1. The van der Waals surface area contributed by atoms with Crippen LogP contribution < -0.4 is 5.32 Å². The van der Waals surface area contributed by atoms with Crippen LogP contribution in [0.4, 0.5) is 0 Å². The Hall–Kier alpha value is -0.120. The molecule has 2 aliphatic heterocycles. The normalized spacial score (nSPS) is 28.7. The lowest BCUT2D eigenvalue weighted by Crippen LogP contribution is -2.44. The summed E-state index contributed by atoms with van der Waals surface area (Å²) in [6.45, 7) is 8.07. The van der Waals surface area contributed by atoms with Crippen molar-refractivity contribution in [3.8, 4) is 0 Å². The number of piperidine rings is 1. The second kappa shape index (κ2) is 6.58. The maximum atomic E-state index is 5.69. The Balaban J connectivity index is 1.60. The highest BCUT2D eigenvalue weighted by Crippen LogP contribution is 2.16. The molecular formula is C13H26N2O. The van der Waals surface area contributed by atoms with Gasteiger partial charge >= 0.3 is 0 Å². The molecule has 3 heteroatoms. The Kier molecular flexibility index (Phi) is 5.07. The van der Waals surface area contributed by atoms with Crippen molar-refractivity contribution in [1.82, 2.24) is 10.2 Å². The van der Waals surface area contributed by atoms with Crippen LogP contribution in [-0.2, 0) is 4.74 Å². The molecule has 1 unspecified atom stereocenters. The van der Waals surface area contributed by atoms with Crippen molar-refractivity contribution < 1.29 is 4.74 Å². The van der Waals surface area contributed by atoms with Crippen molar-refractivity contribution >= 4 is 0 Å². The van der Waals surface area contributed by atoms with Gasteiger partial charge in [-0.2, -0.15) is 0 Å². The van der Waals surface area contributed by atoms with E-state index in [-0.39, 0.29) is 0 Å². The molecule has 0 spiro atoms. The Bertz CT molecular complexity index is 184. The number of hydrogen-bond acceptors (Lipinski definition) is 3. The molecule has 0 aromatic rings. The fourth-order valence-electron chi connectivity index (χ4n) is 2.74. The Labute approximate surface area is 99.5 Å². The summed E-state index contributed by atoms with van der Waals surface area (Å²) in [5.41, 5.74) is 0. The minimum Gasteiger partial charge on any atom is -0.377 e. The third-order valence-corrected chi connectivity index (χ3v) is 3.76. The van der Waals surface area contributed by atoms with E-state index in [1.54, 1.807) is 0 Å². The van der Waals surface area contributed by atoms with Gasteiger partial charge in [-0.1, -0.05) is 6.92 Å². The van der Waals surface area contributed by atoms with Crippen molar-refractivity contribution in [2.45, 2.75) is 51.2 Å². The SMILES string of the molecule is CCCNC1CCN(CC2CCCO2)CC1. The van der Waals surface area contributed by atoms with Gasteiger partial charge in [-0.05, 0) is 51.7 Å². The fourth-order valence-corrected chi connectivity index (χ4v) is 2.74. The molecule has 1 atom stereocenters. The lowest BCUT2D eigenvalue weighted by atomic mass is 10.0. The summed E-state index contributed by atoms with van der Waals surface area (Å²) in [6, 6.07) is 0.765. The van der Waals surface area contributed by atoms with Gasteiger partial charge in [0, 0.05) is 19.2 Å². The number of rotatable bonds is 5. The van der Waals surface area contributed by atoms with E-state index in [1.807, 2.05) is 0 Å². The first kappa shape index (κ1) is 12.3. The zero-order chi connectivity index (χ0) is 11.2. The average molecular weight is 226 g/mol. The second-order valence-electron chi connectivity index (χ2n) is 5.16. The lowest BCUT2D eigenvalue weighted by molar-refractivity contribution is 0.0628. The highest BCUT2D eigenvalue weighted by Gasteiger charge is 2.23. The molecule has 3 nitrogen and oxygen atoms in total. The van der Waals surface area contributed by atoms with E-state index in [1.165, 1.54) is 58.3 Å². The maximum absolute atomic E-state index is 5.69. The molecule has 1 N–H and O–H groups in total. The van der Waals surface area contributed by atoms with Gasteiger partial charge in [0.1, 0.15) is 0 Å². The van der Waals surface area contributed by atoms with Crippen LogP contribution in [-0.4, -0.2) is 49.8 Å². The fraction of sp³-hybridized carbons (Fsp3) is 1.00. The van der Waals surface area contributed by atoms with Gasteiger partial charge in [0.2, 0.25) is 0 Å². The summed E-state index contributed by atoms with van der Waals surface area (Å²) < 4.78 is 5.69. The molecule has 2 aliphatic rings. The predicted octanol–water partition coefficient (Wildman–Crippen LogP) is 1.63. The summed E-state index contributed by atoms with van der Waals surface area (Å²) in [5.74, 6) is 0. The predicted molar refractivity (Wildman–Crippen MR) is 66.7 cm³/mol. The van der Waals surface area contributed by atoms with Gasteiger partial charge in [-0.15, -0.1) is 0 Å². The van der Waals surface area contributed by atoms with Crippen molar-refractivity contribution in [3.63, 3.8) is 0 Å². The third kappa shape index (κ3) is 3.72. The number of hydrogen-bond donors (Lipinski definition) is 1. The molecule has 0 aromatic heterocycles. The Morgan fingerprint density at radius 3 is 2.69 bits per heavy atom. The minimum atomic E-state index is 0.528. The first-order valence-corrected chi connectivity index (χ1v) is 6.96. The summed E-state index contributed by atoms with van der Waals surface area (Å²) >= 11 is 0. The molecule has 0 radical (unpaired) electrons. The maximum Gasteiger partial charge on any atom is 0.0702 e. The number of nitrogens with one attached hydrogen (secondary N) is 1. The third-order valence-electron chi connectivity index (χ3n) is 3.76. The van der Waals surface area contributed by atoms with Crippen LogP contribution >= 0.6 is 0 Å². The minimum absolute atomic E-state index is 0.528. The Morgan fingerprint density at radius 2 is 2.06 bits per heavy atom. The molecule has 16 heavy (non-hydrogen) atoms. The first-order chi connectivity index (χ1) is 7.88. The summed E-state index contributed by atoms with van der Waals surface area (Å²) in [7, 11) is 0. The topological polar surface area (TPSA) is 24.5 Å². The van der Waals surface area contributed by atoms with Gasteiger partial charge in [0.15, 0.2) is 0 Å². The van der Waals surface area contributed by atoms with Crippen molar-refractivity contribution in [2.24, 2.45) is 0 Å². The molecule has 0 aromatic carbocycles. The smallest absolute Gasteiger partial charge is 0.0702 e. The van der Waals surface area contributed by atoms with E-state index in [4.69, 9.17) is 4.74 Å². The molecular weight excluding hydrogens is 200 g/mol. The van der Waals surface area contributed by atoms with E-state index in [9.17, 15) is 0 Å². The van der Waals surface area contributed by atoms with Crippen LogP contribution in [0.3, 0.4) is 0 Å². The zero-order valence-electron chi connectivity index (χ0n) is 10.6. The highest BCUT2D eigenvalue weighted by molar-refractivity contribution is 4.79. The van der Waals surface area contributed by atoms with E-state index in [2.05, 4.69) is 17.1 Å². The largest absolute Gasteiger partial charge is 0.377 e. The molecule has 2 heterocycles. The number of nitrogens with zero attached hydrogens (tertiary/aromatic N) is 1. The average Bonchev–Trinajstić information content (AvgIpc) is 2.81. The van der Waals surface area contributed by atoms with Crippen LogP contribution in [0.15, 0.2) is 0 Å². The quantitative estimate of drug-likeness (QED) is 0.771. The molecule has 2 saturated heterocycles. The second-order valence-corrected chi connectivity index (χ2v) is 5.16. The van der Waals surface area contributed by atoms with Gasteiger partial charge in [0.25, 0.3) is 0 Å². The van der Waals surface area contributed by atoms with Gasteiger partial charge in [0.05, 0.1) is 6.10 Å². The van der Waals surface area contributed by atoms with Gasteiger partial charge in [-0.3, -0.25) is 0 Å². The monoisotopic (exact) mass is 226 g/mol. The molecule has 94 valence electrons. The first-order valence-electron chi connectivity index (χ1n) is 6.96. The van der Waals surface area contributed by atoms with Crippen LogP contribution in [0, 0.1) is 0 Å². The Morgan fingerprint density at radius 1 is 1.25 bits per heavy atom. The van der Waals surface area contributed by atoms with Crippen LogP contribution in [0.2, 0.25) is 0 Å². The van der Waals surface area contributed by atoms with E-state index >= 15 is 0 Å². The van der Waals surface area contributed by atoms with Crippen molar-refractivity contribution in [2.75, 3.05) is 32.8 Å². The van der Waals surface area contributed by atoms with Crippen molar-refractivity contribution in [3.05, 3.63) is 0 Å². The van der Waals surface area contributed by atoms with E-state index in [0.29, 0.717) is 6.10 Å². The van der Waals surface area contributed by atoms with E-state index in [0.717, 1.165) is 12.6 Å². The summed E-state index contributed by atoms with van der Waals surface area (Å²) in [5, 5.41) is 3.63. The zero-order valence-corrected chi connectivity index (χ0v) is 10.6. The van der Waals surface area contributed by atoms with Crippen LogP contribution in [0.5, 0.6) is 0 Å². The molecule has 0 saturated carbocycles. The standard InChI is InChI=1S/C13H26N2O/c1-2-7-14-12-5-8-15(9-6-12)11-13-4-3-10-16-13/h12-14H,2-11H2,1H3. The summed E-state index contributed by atoms with van der Waals surface area (Å²) in [4.78, 5) is 2.58. The summed E-state index contributed by atoms with van der Waals surface area (Å²) in [6.07, 6.45) is 6.93. The molecule has 2 fully saturated rings. The number of likely N-dealkylation sites (tertiary alicyclic amines) is 1. The molecule has 2 rings (SSSR count). The van der Waals surface area contributed by atoms with Crippen LogP contribution in [0.1, 0.15) is 39.0 Å². The van der Waals surface area contributed by atoms with Crippen LogP contribution in [0.25, 0.3) is 0 Å². The van der Waals surface area contributed by atoms with Crippen molar-refractivity contribution in [1.29, 1.82) is 0 Å².